The molecular weight excluding hydrogens is 458 g/mol. The molecule has 0 atom stereocenters. The first kappa shape index (κ1) is 22.8. The largest absolute Gasteiger partial charge is 0.461 e. The van der Waals surface area contributed by atoms with Gasteiger partial charge < -0.3 is 9.73 Å². The zero-order valence-electron chi connectivity index (χ0n) is 18.1. The lowest BCUT2D eigenvalue weighted by Gasteiger charge is -2.11. The van der Waals surface area contributed by atoms with E-state index in [-0.39, 0.29) is 29.5 Å². The average molecular weight is 480 g/mol. The number of ketones is 1. The Hall–Kier alpha value is -3.43. The number of nitrogens with one attached hydrogen (secondary N) is 1. The smallest absolute Gasteiger partial charge is 0.263 e. The summed E-state index contributed by atoms with van der Waals surface area (Å²) in [5, 5.41) is 5.57. The predicted octanol–water partition coefficient (Wildman–Crippen LogP) is 5.15. The van der Waals surface area contributed by atoms with E-state index in [0.717, 1.165) is 5.76 Å². The first-order valence-corrected chi connectivity index (χ1v) is 12.0. The fourth-order valence-corrected chi connectivity index (χ4v) is 5.09. The van der Waals surface area contributed by atoms with Gasteiger partial charge in [0.1, 0.15) is 16.4 Å². The van der Waals surface area contributed by atoms with Gasteiger partial charge in [-0.05, 0) is 38.1 Å². The molecule has 168 valence electrons. The number of hydrogen-bond donors (Lipinski definition) is 1. The van der Waals surface area contributed by atoms with E-state index in [2.05, 4.69) is 16.9 Å². The zero-order valence-corrected chi connectivity index (χ0v) is 19.7. The summed E-state index contributed by atoms with van der Waals surface area (Å²) in [5.74, 6) is 1.09. The number of allylic oxidation sites excluding steroid dienone is 1. The van der Waals surface area contributed by atoms with Crippen LogP contribution in [0.2, 0.25) is 0 Å². The molecule has 3 aromatic heterocycles. The molecule has 0 unspecified atom stereocenters. The van der Waals surface area contributed by atoms with E-state index >= 15 is 0 Å². The van der Waals surface area contributed by atoms with Crippen molar-refractivity contribution < 1.29 is 14.0 Å². The SMILES string of the molecule is C=CCn1c(SCC(=O)Nc2cccc(C(C)=O)c2)nc2scc(-c3ccc(C)o3)c2c1=O. The summed E-state index contributed by atoms with van der Waals surface area (Å²) in [7, 11) is 0. The number of amides is 1. The highest BCUT2D eigenvalue weighted by atomic mass is 32.2. The third kappa shape index (κ3) is 4.84. The van der Waals surface area contributed by atoms with Gasteiger partial charge in [-0.1, -0.05) is 30.0 Å². The molecule has 33 heavy (non-hydrogen) atoms. The number of thiophene rings is 1. The molecule has 0 aliphatic carbocycles. The van der Waals surface area contributed by atoms with Crippen LogP contribution in [0.15, 0.2) is 68.8 Å². The predicted molar refractivity (Wildman–Crippen MR) is 132 cm³/mol. The van der Waals surface area contributed by atoms with Crippen LogP contribution in [0.25, 0.3) is 21.5 Å². The van der Waals surface area contributed by atoms with Crippen LogP contribution in [0, 0.1) is 6.92 Å². The van der Waals surface area contributed by atoms with Gasteiger partial charge in [-0.25, -0.2) is 4.98 Å². The lowest BCUT2D eigenvalue weighted by Crippen LogP contribution is -2.23. The van der Waals surface area contributed by atoms with Gasteiger partial charge in [-0.2, -0.15) is 0 Å². The summed E-state index contributed by atoms with van der Waals surface area (Å²) in [6.45, 7) is 7.33. The Kier molecular flexibility index (Phi) is 6.62. The number of benzene rings is 1. The number of thioether (sulfide) groups is 1. The van der Waals surface area contributed by atoms with Crippen LogP contribution >= 0.6 is 23.1 Å². The maximum atomic E-state index is 13.3. The molecular formula is C24H21N3O4S2. The molecule has 4 rings (SSSR count). The number of Topliss-reactive ketones (excluding diaryl/α,β-unsaturated/α-hetero) is 1. The number of aromatic nitrogens is 2. The number of carbonyl (C=O) groups excluding carboxylic acids is 2. The molecule has 3 heterocycles. The summed E-state index contributed by atoms with van der Waals surface area (Å²) in [6.07, 6.45) is 1.62. The molecule has 0 saturated heterocycles. The molecule has 1 aromatic carbocycles. The minimum atomic E-state index is -0.266. The molecule has 0 aliphatic heterocycles. The van der Waals surface area contributed by atoms with Crippen molar-refractivity contribution in [1.29, 1.82) is 0 Å². The second-order valence-electron chi connectivity index (χ2n) is 7.31. The molecule has 7 nitrogen and oxygen atoms in total. The molecule has 0 bridgehead atoms. The van der Waals surface area contributed by atoms with Crippen molar-refractivity contribution >= 4 is 50.7 Å². The van der Waals surface area contributed by atoms with Crippen molar-refractivity contribution in [3.05, 3.63) is 76.1 Å². The Morgan fingerprint density at radius 1 is 1.30 bits per heavy atom. The van der Waals surface area contributed by atoms with E-state index in [1.807, 2.05) is 24.4 Å². The van der Waals surface area contributed by atoms with Gasteiger partial charge in [-0.15, -0.1) is 17.9 Å². The van der Waals surface area contributed by atoms with Crippen LogP contribution in [0.4, 0.5) is 5.69 Å². The number of aryl methyl sites for hydroxylation is 1. The van der Waals surface area contributed by atoms with Crippen molar-refractivity contribution in [1.82, 2.24) is 9.55 Å². The van der Waals surface area contributed by atoms with Crippen LogP contribution in [-0.4, -0.2) is 27.0 Å². The van der Waals surface area contributed by atoms with Gasteiger partial charge in [0.15, 0.2) is 10.9 Å². The van der Waals surface area contributed by atoms with Crippen molar-refractivity contribution in [2.24, 2.45) is 0 Å². The van der Waals surface area contributed by atoms with Crippen LogP contribution in [0.3, 0.4) is 0 Å². The highest BCUT2D eigenvalue weighted by Gasteiger charge is 2.19. The van der Waals surface area contributed by atoms with E-state index in [1.54, 1.807) is 30.3 Å². The standard InChI is InChI=1S/C24H21N3O4S2/c1-4-10-27-23(30)21-18(19-9-8-14(2)31-19)12-32-22(21)26-24(27)33-13-20(29)25-17-7-5-6-16(11-17)15(3)28/h4-9,11-12H,1,10,13H2,2-3H3,(H,25,29). The quantitative estimate of drug-likeness (QED) is 0.163. The summed E-state index contributed by atoms with van der Waals surface area (Å²) in [4.78, 5) is 42.6. The highest BCUT2D eigenvalue weighted by molar-refractivity contribution is 7.99. The fourth-order valence-electron chi connectivity index (χ4n) is 3.31. The number of carbonyl (C=O) groups is 2. The lowest BCUT2D eigenvalue weighted by molar-refractivity contribution is -0.113. The minimum Gasteiger partial charge on any atom is -0.461 e. The Morgan fingerprint density at radius 2 is 2.12 bits per heavy atom. The zero-order chi connectivity index (χ0) is 23.5. The monoisotopic (exact) mass is 479 g/mol. The molecule has 1 N–H and O–H groups in total. The molecule has 0 radical (unpaired) electrons. The number of nitrogens with zero attached hydrogens (tertiary/aromatic N) is 2. The van der Waals surface area contributed by atoms with Gasteiger partial charge in [0.05, 0.1) is 11.1 Å². The van der Waals surface area contributed by atoms with Crippen molar-refractivity contribution in [2.45, 2.75) is 25.5 Å². The molecule has 0 saturated carbocycles. The fraction of sp³-hybridized carbons (Fsp3) is 0.167. The lowest BCUT2D eigenvalue weighted by atomic mass is 10.1. The number of furan rings is 1. The molecule has 9 heteroatoms. The van der Waals surface area contributed by atoms with Crippen molar-refractivity contribution in [3.8, 4) is 11.3 Å². The van der Waals surface area contributed by atoms with Crippen LogP contribution in [-0.2, 0) is 11.3 Å². The Labute approximate surface area is 198 Å². The molecule has 0 spiro atoms. The van der Waals surface area contributed by atoms with E-state index in [4.69, 9.17) is 4.42 Å². The second kappa shape index (κ2) is 9.60. The van der Waals surface area contributed by atoms with Gasteiger partial charge in [0.2, 0.25) is 5.91 Å². The summed E-state index contributed by atoms with van der Waals surface area (Å²) < 4.78 is 7.22. The molecule has 0 aliphatic rings. The maximum Gasteiger partial charge on any atom is 0.263 e. The number of anilines is 1. The minimum absolute atomic E-state index is 0.0506. The Balaban J connectivity index is 1.60. The van der Waals surface area contributed by atoms with Crippen LogP contribution in [0.5, 0.6) is 0 Å². The number of fused-ring (bicyclic) bond motifs is 1. The van der Waals surface area contributed by atoms with Gasteiger partial charge in [0, 0.05) is 28.7 Å². The molecule has 0 fully saturated rings. The average Bonchev–Trinajstić information content (AvgIpc) is 3.40. The molecule has 4 aromatic rings. The molecule has 1 amide bonds. The van der Waals surface area contributed by atoms with Crippen molar-refractivity contribution in [3.63, 3.8) is 0 Å². The highest BCUT2D eigenvalue weighted by Crippen LogP contribution is 2.33. The third-order valence-electron chi connectivity index (χ3n) is 4.86. The third-order valence-corrected chi connectivity index (χ3v) is 6.71. The topological polar surface area (TPSA) is 94.2 Å². The Morgan fingerprint density at radius 3 is 2.82 bits per heavy atom. The Bertz CT molecular complexity index is 1430. The summed E-state index contributed by atoms with van der Waals surface area (Å²) >= 11 is 2.53. The van der Waals surface area contributed by atoms with E-state index in [9.17, 15) is 14.4 Å². The van der Waals surface area contributed by atoms with Gasteiger partial charge >= 0.3 is 0 Å². The van der Waals surface area contributed by atoms with E-state index < -0.39 is 0 Å². The normalized spacial score (nSPS) is 11.0. The van der Waals surface area contributed by atoms with E-state index in [1.165, 1.54) is 34.6 Å². The maximum absolute atomic E-state index is 13.3. The number of hydrogen-bond acceptors (Lipinski definition) is 7. The van der Waals surface area contributed by atoms with E-state index in [0.29, 0.717) is 37.9 Å². The second-order valence-corrected chi connectivity index (χ2v) is 9.11. The van der Waals surface area contributed by atoms with Crippen molar-refractivity contribution in [2.75, 3.05) is 11.1 Å². The van der Waals surface area contributed by atoms with Gasteiger partial charge in [-0.3, -0.25) is 19.0 Å². The van der Waals surface area contributed by atoms with Gasteiger partial charge in [0.25, 0.3) is 5.56 Å². The van der Waals surface area contributed by atoms with Crippen LogP contribution in [0.1, 0.15) is 23.0 Å². The number of rotatable bonds is 8. The first-order valence-electron chi connectivity index (χ1n) is 10.1. The summed E-state index contributed by atoms with van der Waals surface area (Å²) in [6, 6.07) is 10.4. The first-order chi connectivity index (χ1) is 15.9. The summed E-state index contributed by atoms with van der Waals surface area (Å²) in [5.41, 5.74) is 1.56. The van der Waals surface area contributed by atoms with Crippen LogP contribution < -0.4 is 10.9 Å².